The fourth-order valence-corrected chi connectivity index (χ4v) is 5.30. The molecule has 2 aliphatic rings. The van der Waals surface area contributed by atoms with E-state index < -0.39 is 10.0 Å². The van der Waals surface area contributed by atoms with Crippen molar-refractivity contribution in [1.29, 1.82) is 0 Å². The van der Waals surface area contributed by atoms with Crippen LogP contribution in [0.5, 0.6) is 0 Å². The van der Waals surface area contributed by atoms with E-state index in [9.17, 15) is 13.2 Å². The van der Waals surface area contributed by atoms with E-state index in [0.29, 0.717) is 49.9 Å². The largest absolute Gasteiger partial charge is 0.367 e. The van der Waals surface area contributed by atoms with Gasteiger partial charge in [-0.2, -0.15) is 4.31 Å². The van der Waals surface area contributed by atoms with Crippen molar-refractivity contribution in [3.05, 3.63) is 18.5 Å². The zero-order valence-electron chi connectivity index (χ0n) is 16.1. The third-order valence-electron chi connectivity index (χ3n) is 5.06. The van der Waals surface area contributed by atoms with Gasteiger partial charge in [0.1, 0.15) is 0 Å². The number of amides is 2. The van der Waals surface area contributed by atoms with E-state index >= 15 is 0 Å². The molecule has 2 amide bonds. The van der Waals surface area contributed by atoms with Crippen LogP contribution in [0.1, 0.15) is 33.1 Å². The third kappa shape index (κ3) is 4.52. The number of nitrogens with zero attached hydrogens (tertiary/aromatic N) is 3. The zero-order valence-corrected chi connectivity index (χ0v) is 17.0. The Hall–Kier alpha value is -1.87. The van der Waals surface area contributed by atoms with E-state index in [2.05, 4.69) is 15.2 Å². The van der Waals surface area contributed by atoms with Crippen molar-refractivity contribution in [2.45, 2.75) is 44.0 Å². The molecule has 2 saturated heterocycles. The van der Waals surface area contributed by atoms with Gasteiger partial charge in [0, 0.05) is 51.4 Å². The van der Waals surface area contributed by atoms with Gasteiger partial charge in [-0.05, 0) is 26.7 Å². The number of piperazine rings is 1. The van der Waals surface area contributed by atoms with Crippen LogP contribution in [0.25, 0.3) is 0 Å². The quantitative estimate of drug-likeness (QED) is 0.820. The van der Waals surface area contributed by atoms with Gasteiger partial charge in [-0.3, -0.25) is 0 Å². The number of aromatic amines is 1. The molecule has 8 nitrogen and oxygen atoms in total. The molecule has 0 radical (unpaired) electrons. The lowest BCUT2D eigenvalue weighted by Gasteiger charge is -2.37. The summed E-state index contributed by atoms with van der Waals surface area (Å²) in [7, 11) is -3.52. The number of nitrogens with one attached hydrogen (secondary N) is 2. The summed E-state index contributed by atoms with van der Waals surface area (Å²) in [6.07, 6.45) is 6.24. The number of pyridine rings is 1. The highest BCUT2D eigenvalue weighted by molar-refractivity contribution is 7.89. The number of hydrogen-bond acceptors (Lipinski definition) is 4. The van der Waals surface area contributed by atoms with Gasteiger partial charge in [0.25, 0.3) is 10.0 Å². The maximum atomic E-state index is 13.1. The maximum absolute atomic E-state index is 13.1. The molecule has 0 aliphatic carbocycles. The number of anilines is 1. The van der Waals surface area contributed by atoms with Gasteiger partial charge in [-0.25, -0.2) is 18.2 Å². The molecule has 9 heteroatoms. The van der Waals surface area contributed by atoms with Gasteiger partial charge in [0.05, 0.1) is 5.69 Å². The number of sulfonamides is 1. The Morgan fingerprint density at radius 3 is 2.37 bits per heavy atom. The van der Waals surface area contributed by atoms with E-state index in [0.717, 1.165) is 19.3 Å². The topological polar surface area (TPSA) is 87.1 Å². The van der Waals surface area contributed by atoms with Crippen molar-refractivity contribution in [3.63, 3.8) is 0 Å². The van der Waals surface area contributed by atoms with E-state index in [1.54, 1.807) is 21.6 Å². The zero-order chi connectivity index (χ0) is 19.4. The molecule has 0 unspecified atom stereocenters. The molecule has 1 aromatic rings. The van der Waals surface area contributed by atoms with Gasteiger partial charge in [0.15, 0.2) is 17.3 Å². The van der Waals surface area contributed by atoms with Gasteiger partial charge < -0.3 is 15.1 Å². The predicted molar refractivity (Wildman–Crippen MR) is 103 cm³/mol. The molecule has 0 saturated carbocycles. The minimum absolute atomic E-state index is 0.0628. The second-order valence-corrected chi connectivity index (χ2v) is 9.34. The Bertz CT molecular complexity index is 754. The van der Waals surface area contributed by atoms with Crippen molar-refractivity contribution < 1.29 is 18.2 Å². The second-order valence-electron chi connectivity index (χ2n) is 7.44. The molecule has 2 aliphatic heterocycles. The Morgan fingerprint density at radius 1 is 1.07 bits per heavy atom. The first-order valence-corrected chi connectivity index (χ1v) is 11.1. The van der Waals surface area contributed by atoms with Crippen LogP contribution in [-0.4, -0.2) is 69.0 Å². The summed E-state index contributed by atoms with van der Waals surface area (Å²) in [6, 6.07) is 1.86. The van der Waals surface area contributed by atoms with Gasteiger partial charge >= 0.3 is 6.03 Å². The van der Waals surface area contributed by atoms with Gasteiger partial charge in [-0.15, -0.1) is 0 Å². The highest BCUT2D eigenvalue weighted by Crippen LogP contribution is 2.28. The van der Waals surface area contributed by atoms with Gasteiger partial charge in [-0.1, -0.05) is 6.42 Å². The van der Waals surface area contributed by atoms with E-state index in [1.807, 2.05) is 19.9 Å². The molecule has 0 aromatic carbocycles. The Labute approximate surface area is 161 Å². The number of carbonyl (C=O) groups excluding carboxylic acids is 1. The van der Waals surface area contributed by atoms with Crippen LogP contribution in [0, 0.1) is 0 Å². The van der Waals surface area contributed by atoms with E-state index in [-0.39, 0.29) is 12.1 Å². The first-order chi connectivity index (χ1) is 12.9. The number of urea groups is 1. The molecule has 150 valence electrons. The molecular weight excluding hydrogens is 366 g/mol. The Kier molecular flexibility index (Phi) is 6.21. The van der Waals surface area contributed by atoms with Crippen molar-refractivity contribution in [3.8, 4) is 0 Å². The fourth-order valence-electron chi connectivity index (χ4n) is 3.61. The molecule has 2 fully saturated rings. The van der Waals surface area contributed by atoms with Crippen molar-refractivity contribution >= 4 is 21.7 Å². The molecule has 2 N–H and O–H groups in total. The molecule has 3 heterocycles. The highest BCUT2D eigenvalue weighted by Gasteiger charge is 2.32. The standard InChI is InChI=1S/C18H29N5O3S/c1-15(2)20-18(24)22-12-10-21(11-13-22)16-6-7-19-14-17(16)27(25,26)23-8-4-3-5-9-23/h6-7,14-15H,3-5,8-13H2,1-2H3,(H,20,24)/p+1. The van der Waals surface area contributed by atoms with Crippen molar-refractivity contribution in [1.82, 2.24) is 14.5 Å². The van der Waals surface area contributed by atoms with Crippen molar-refractivity contribution in [2.75, 3.05) is 44.2 Å². The number of rotatable bonds is 4. The average molecular weight is 397 g/mol. The van der Waals surface area contributed by atoms with Gasteiger partial charge in [0.2, 0.25) is 0 Å². The number of H-pyrrole nitrogens is 1. The molecular formula is C18H30N5O3S+. The highest BCUT2D eigenvalue weighted by atomic mass is 32.2. The monoisotopic (exact) mass is 396 g/mol. The minimum Gasteiger partial charge on any atom is -0.367 e. The van der Waals surface area contributed by atoms with Crippen LogP contribution in [0.4, 0.5) is 10.5 Å². The molecule has 1 aromatic heterocycles. The number of piperidine rings is 1. The lowest BCUT2D eigenvalue weighted by Crippen LogP contribution is -2.53. The summed E-state index contributed by atoms with van der Waals surface area (Å²) >= 11 is 0. The molecule has 3 rings (SSSR count). The summed E-state index contributed by atoms with van der Waals surface area (Å²) in [5, 5.41) is 2.91. The maximum Gasteiger partial charge on any atom is 0.317 e. The summed E-state index contributed by atoms with van der Waals surface area (Å²) < 4.78 is 27.9. The van der Waals surface area contributed by atoms with E-state index in [1.165, 1.54) is 0 Å². The summed E-state index contributed by atoms with van der Waals surface area (Å²) in [5.41, 5.74) is 0.711. The smallest absolute Gasteiger partial charge is 0.317 e. The van der Waals surface area contributed by atoms with Crippen LogP contribution in [0.2, 0.25) is 0 Å². The summed E-state index contributed by atoms with van der Waals surface area (Å²) in [4.78, 5) is 19.3. The molecule has 0 atom stereocenters. The van der Waals surface area contributed by atoms with Crippen LogP contribution in [-0.2, 0) is 10.0 Å². The number of carbonyl (C=O) groups is 1. The number of hydrogen-bond donors (Lipinski definition) is 1. The Morgan fingerprint density at radius 2 is 1.74 bits per heavy atom. The summed E-state index contributed by atoms with van der Waals surface area (Å²) in [6.45, 7) is 7.40. The first-order valence-electron chi connectivity index (χ1n) is 9.70. The second kappa shape index (κ2) is 8.43. The lowest BCUT2D eigenvalue weighted by atomic mass is 10.2. The van der Waals surface area contributed by atoms with Crippen LogP contribution >= 0.6 is 0 Å². The lowest BCUT2D eigenvalue weighted by molar-refractivity contribution is -0.380. The van der Waals surface area contributed by atoms with Crippen LogP contribution < -0.4 is 15.2 Å². The third-order valence-corrected chi connectivity index (χ3v) is 6.98. The fraction of sp³-hybridized carbons (Fsp3) is 0.667. The minimum atomic E-state index is -3.52. The first kappa shape index (κ1) is 19.9. The normalized spacial score (nSPS) is 19.4. The molecule has 0 spiro atoms. The van der Waals surface area contributed by atoms with Crippen LogP contribution in [0.15, 0.2) is 23.4 Å². The SMILES string of the molecule is CC(C)NC(=O)N1CCN(c2cc[nH+]cc2S(=O)(=O)N2CCCCC2)CC1. The molecule has 0 bridgehead atoms. The number of aromatic nitrogens is 1. The van der Waals surface area contributed by atoms with E-state index in [4.69, 9.17) is 0 Å². The average Bonchev–Trinajstić information content (AvgIpc) is 2.68. The predicted octanol–water partition coefficient (Wildman–Crippen LogP) is 0.915. The van der Waals surface area contributed by atoms with Crippen LogP contribution in [0.3, 0.4) is 0 Å². The molecule has 27 heavy (non-hydrogen) atoms. The summed E-state index contributed by atoms with van der Waals surface area (Å²) in [5.74, 6) is 0. The Balaban J connectivity index is 1.74. The van der Waals surface area contributed by atoms with Crippen molar-refractivity contribution in [2.24, 2.45) is 0 Å².